The minimum atomic E-state index is -3.77. The molecule has 0 spiro atoms. The molecule has 0 bridgehead atoms. The lowest BCUT2D eigenvalue weighted by atomic mass is 9.95. The molecule has 2 rings (SSSR count). The summed E-state index contributed by atoms with van der Waals surface area (Å²) in [6.07, 6.45) is 0. The second kappa shape index (κ2) is 7.59. The summed E-state index contributed by atoms with van der Waals surface area (Å²) >= 11 is 0. The Morgan fingerprint density at radius 1 is 1.04 bits per heavy atom. The number of hydrogen-bond donors (Lipinski definition) is 1. The normalized spacial score (nSPS) is 14.0. The second-order valence-corrected chi connectivity index (χ2v) is 7.35. The highest BCUT2D eigenvalue weighted by atomic mass is 32.2. The Bertz CT molecular complexity index is 786. The molecule has 128 valence electrons. The highest BCUT2D eigenvalue weighted by Crippen LogP contribution is 2.25. The van der Waals surface area contributed by atoms with E-state index < -0.39 is 28.0 Å². The fourth-order valence-electron chi connectivity index (χ4n) is 2.39. The van der Waals surface area contributed by atoms with E-state index in [4.69, 9.17) is 4.74 Å². The SMILES string of the molecule is COC(=O)[C@H](C)[C@H](NS(=O)(=O)c1ccc(C)cc1)c1ccccc1. The van der Waals surface area contributed by atoms with Gasteiger partial charge in [0.2, 0.25) is 10.0 Å². The van der Waals surface area contributed by atoms with E-state index in [1.54, 1.807) is 55.5 Å². The van der Waals surface area contributed by atoms with Gasteiger partial charge in [-0.1, -0.05) is 55.0 Å². The van der Waals surface area contributed by atoms with Gasteiger partial charge in [-0.3, -0.25) is 4.79 Å². The first-order valence-corrected chi connectivity index (χ1v) is 9.05. The van der Waals surface area contributed by atoms with Crippen molar-refractivity contribution >= 4 is 16.0 Å². The van der Waals surface area contributed by atoms with Crippen molar-refractivity contribution in [3.63, 3.8) is 0 Å². The van der Waals surface area contributed by atoms with E-state index in [1.165, 1.54) is 7.11 Å². The summed E-state index contributed by atoms with van der Waals surface area (Å²) in [4.78, 5) is 12.1. The first-order chi connectivity index (χ1) is 11.3. The van der Waals surface area contributed by atoms with Crippen LogP contribution in [0.15, 0.2) is 59.5 Å². The molecular weight excluding hydrogens is 326 g/mol. The Balaban J connectivity index is 2.37. The molecule has 0 aliphatic rings. The number of benzene rings is 2. The van der Waals surface area contributed by atoms with Crippen LogP contribution >= 0.6 is 0 Å². The van der Waals surface area contributed by atoms with Crippen molar-refractivity contribution in [3.8, 4) is 0 Å². The maximum atomic E-state index is 12.7. The third kappa shape index (κ3) is 4.21. The summed E-state index contributed by atoms with van der Waals surface area (Å²) in [5, 5.41) is 0. The molecule has 1 N–H and O–H groups in total. The summed E-state index contributed by atoms with van der Waals surface area (Å²) in [5.41, 5.74) is 1.67. The zero-order valence-electron chi connectivity index (χ0n) is 13.9. The van der Waals surface area contributed by atoms with Crippen LogP contribution in [0.2, 0.25) is 0 Å². The maximum absolute atomic E-state index is 12.7. The van der Waals surface area contributed by atoms with Crippen molar-refractivity contribution in [2.24, 2.45) is 5.92 Å². The van der Waals surface area contributed by atoms with Crippen LogP contribution in [0.4, 0.5) is 0 Å². The summed E-state index contributed by atoms with van der Waals surface area (Å²) in [6.45, 7) is 3.52. The molecule has 2 atom stereocenters. The Morgan fingerprint density at radius 3 is 2.17 bits per heavy atom. The molecule has 5 nitrogen and oxygen atoms in total. The maximum Gasteiger partial charge on any atom is 0.310 e. The molecule has 0 saturated carbocycles. The third-order valence-corrected chi connectivity index (χ3v) is 5.30. The quantitative estimate of drug-likeness (QED) is 0.816. The Morgan fingerprint density at radius 2 is 1.62 bits per heavy atom. The molecule has 24 heavy (non-hydrogen) atoms. The molecule has 2 aromatic rings. The van der Waals surface area contributed by atoms with Crippen LogP contribution < -0.4 is 4.72 Å². The topological polar surface area (TPSA) is 72.5 Å². The average molecular weight is 347 g/mol. The van der Waals surface area contributed by atoms with E-state index in [1.807, 2.05) is 13.0 Å². The average Bonchev–Trinajstić information content (AvgIpc) is 2.59. The van der Waals surface area contributed by atoms with Gasteiger partial charge in [-0.15, -0.1) is 0 Å². The highest BCUT2D eigenvalue weighted by molar-refractivity contribution is 7.89. The monoisotopic (exact) mass is 347 g/mol. The lowest BCUT2D eigenvalue weighted by Gasteiger charge is -2.24. The number of esters is 1. The minimum absolute atomic E-state index is 0.158. The van der Waals surface area contributed by atoms with Crippen molar-refractivity contribution < 1.29 is 17.9 Å². The lowest BCUT2D eigenvalue weighted by Crippen LogP contribution is -2.36. The number of sulfonamides is 1. The summed E-state index contributed by atoms with van der Waals surface area (Å²) < 4.78 is 32.8. The van der Waals surface area contributed by atoms with Gasteiger partial charge < -0.3 is 4.74 Å². The van der Waals surface area contributed by atoms with Crippen molar-refractivity contribution in [3.05, 3.63) is 65.7 Å². The van der Waals surface area contributed by atoms with Crippen LogP contribution in [0.5, 0.6) is 0 Å². The predicted octanol–water partition coefficient (Wildman–Crippen LogP) is 2.82. The fourth-order valence-corrected chi connectivity index (χ4v) is 3.70. The van der Waals surface area contributed by atoms with Crippen LogP contribution in [-0.2, 0) is 19.6 Å². The van der Waals surface area contributed by atoms with E-state index in [2.05, 4.69) is 4.72 Å². The van der Waals surface area contributed by atoms with Gasteiger partial charge in [0.15, 0.2) is 0 Å². The van der Waals surface area contributed by atoms with E-state index in [-0.39, 0.29) is 4.90 Å². The van der Waals surface area contributed by atoms with Crippen LogP contribution in [0, 0.1) is 12.8 Å². The molecule has 0 heterocycles. The van der Waals surface area contributed by atoms with Gasteiger partial charge in [0, 0.05) is 0 Å². The number of carbonyl (C=O) groups is 1. The lowest BCUT2D eigenvalue weighted by molar-refractivity contribution is -0.145. The first kappa shape index (κ1) is 18.2. The van der Waals surface area contributed by atoms with Crippen LogP contribution in [-0.4, -0.2) is 21.5 Å². The predicted molar refractivity (Wildman–Crippen MR) is 91.9 cm³/mol. The zero-order valence-corrected chi connectivity index (χ0v) is 14.7. The second-order valence-electron chi connectivity index (χ2n) is 5.63. The first-order valence-electron chi connectivity index (χ1n) is 7.57. The van der Waals surface area contributed by atoms with Gasteiger partial charge in [0.25, 0.3) is 0 Å². The van der Waals surface area contributed by atoms with E-state index in [0.717, 1.165) is 5.56 Å². The number of methoxy groups -OCH3 is 1. The molecule has 6 heteroatoms. The van der Waals surface area contributed by atoms with Crippen molar-refractivity contribution in [2.45, 2.75) is 24.8 Å². The van der Waals surface area contributed by atoms with Gasteiger partial charge in [-0.2, -0.15) is 0 Å². The molecule has 0 aliphatic heterocycles. The van der Waals surface area contributed by atoms with Crippen molar-refractivity contribution in [1.82, 2.24) is 4.72 Å². The molecule has 2 aromatic carbocycles. The van der Waals surface area contributed by atoms with Gasteiger partial charge in [-0.05, 0) is 24.6 Å². The molecule has 0 amide bonds. The highest BCUT2D eigenvalue weighted by Gasteiger charge is 2.30. The number of hydrogen-bond acceptors (Lipinski definition) is 4. The molecule has 0 unspecified atom stereocenters. The van der Waals surface area contributed by atoms with E-state index in [9.17, 15) is 13.2 Å². The smallest absolute Gasteiger partial charge is 0.310 e. The van der Waals surface area contributed by atoms with Crippen LogP contribution in [0.25, 0.3) is 0 Å². The molecular formula is C18H21NO4S. The molecule has 0 saturated heterocycles. The van der Waals surface area contributed by atoms with Gasteiger partial charge >= 0.3 is 5.97 Å². The standard InChI is InChI=1S/C18H21NO4S/c1-13-9-11-16(12-10-13)24(21,22)19-17(14(2)18(20)23-3)15-7-5-4-6-8-15/h4-12,14,17,19H,1-3H3/t14-,17+/m1/s1. The van der Waals surface area contributed by atoms with Crippen molar-refractivity contribution in [2.75, 3.05) is 7.11 Å². The van der Waals surface area contributed by atoms with Crippen LogP contribution in [0.1, 0.15) is 24.1 Å². The summed E-state index contributed by atoms with van der Waals surface area (Å²) in [7, 11) is -2.48. The number of nitrogens with one attached hydrogen (secondary N) is 1. The van der Waals surface area contributed by atoms with Gasteiger partial charge in [-0.25, -0.2) is 13.1 Å². The molecule has 0 aromatic heterocycles. The number of carbonyl (C=O) groups excluding carboxylic acids is 1. The minimum Gasteiger partial charge on any atom is -0.469 e. The number of aryl methyl sites for hydroxylation is 1. The van der Waals surface area contributed by atoms with Crippen molar-refractivity contribution in [1.29, 1.82) is 0 Å². The Hall–Kier alpha value is -2.18. The van der Waals surface area contributed by atoms with E-state index >= 15 is 0 Å². The summed E-state index contributed by atoms with van der Waals surface area (Å²) in [5.74, 6) is -1.15. The van der Waals surface area contributed by atoms with Crippen LogP contribution in [0.3, 0.4) is 0 Å². The summed E-state index contributed by atoms with van der Waals surface area (Å²) in [6, 6.07) is 14.8. The molecule has 0 fully saturated rings. The van der Waals surface area contributed by atoms with E-state index in [0.29, 0.717) is 5.56 Å². The number of ether oxygens (including phenoxy) is 1. The Labute approximate surface area is 142 Å². The molecule has 0 radical (unpaired) electrons. The van der Waals surface area contributed by atoms with Gasteiger partial charge in [0.1, 0.15) is 0 Å². The van der Waals surface area contributed by atoms with Gasteiger partial charge in [0.05, 0.1) is 24.0 Å². The fraction of sp³-hybridized carbons (Fsp3) is 0.278. The number of rotatable bonds is 6. The Kier molecular flexibility index (Phi) is 5.75. The largest absolute Gasteiger partial charge is 0.469 e. The molecule has 0 aliphatic carbocycles. The third-order valence-electron chi connectivity index (χ3n) is 3.85. The zero-order chi connectivity index (χ0) is 17.7.